The molecule has 2 aromatic carbocycles. The molecule has 0 saturated carbocycles. The van der Waals surface area contributed by atoms with Gasteiger partial charge in [-0.1, -0.05) is 29.8 Å². The summed E-state index contributed by atoms with van der Waals surface area (Å²) in [5, 5.41) is 9.08. The van der Waals surface area contributed by atoms with Gasteiger partial charge in [0.05, 0.1) is 12.2 Å². The first-order chi connectivity index (χ1) is 14.1. The van der Waals surface area contributed by atoms with Crippen LogP contribution in [-0.4, -0.2) is 30.9 Å². The second-order valence-corrected chi connectivity index (χ2v) is 6.57. The highest BCUT2D eigenvalue weighted by atomic mass is 16.3. The lowest BCUT2D eigenvalue weighted by Gasteiger charge is -2.11. The Bertz CT molecular complexity index is 992. The zero-order chi connectivity index (χ0) is 20.6. The van der Waals surface area contributed by atoms with Crippen molar-refractivity contribution in [2.24, 2.45) is 4.99 Å². The Morgan fingerprint density at radius 3 is 2.59 bits per heavy atom. The minimum absolute atomic E-state index is 0.107. The SMILES string of the molecule is CN=C(NCc1cccc(C(=O)NC)c1)NCc1coc(-c2ccc(C)cc2)n1. The molecule has 1 heterocycles. The third-order valence-corrected chi connectivity index (χ3v) is 4.39. The third kappa shape index (κ3) is 5.44. The number of guanidine groups is 1. The number of aryl methyl sites for hydroxylation is 1. The third-order valence-electron chi connectivity index (χ3n) is 4.39. The number of oxazole rings is 1. The molecule has 0 bridgehead atoms. The van der Waals surface area contributed by atoms with Crippen molar-refractivity contribution in [2.45, 2.75) is 20.0 Å². The number of benzene rings is 2. The van der Waals surface area contributed by atoms with E-state index in [2.05, 4.69) is 25.9 Å². The fourth-order valence-electron chi connectivity index (χ4n) is 2.76. The van der Waals surface area contributed by atoms with Gasteiger partial charge >= 0.3 is 0 Å². The second-order valence-electron chi connectivity index (χ2n) is 6.57. The first kappa shape index (κ1) is 20.1. The molecular weight excluding hydrogens is 366 g/mol. The van der Waals surface area contributed by atoms with E-state index in [1.807, 2.05) is 49.4 Å². The topological polar surface area (TPSA) is 91.5 Å². The molecule has 0 aliphatic carbocycles. The molecule has 1 aromatic heterocycles. The van der Waals surface area contributed by atoms with Gasteiger partial charge in [0.15, 0.2) is 5.96 Å². The van der Waals surface area contributed by atoms with E-state index in [1.165, 1.54) is 5.56 Å². The van der Waals surface area contributed by atoms with Gasteiger partial charge in [0.1, 0.15) is 6.26 Å². The maximum Gasteiger partial charge on any atom is 0.251 e. The summed E-state index contributed by atoms with van der Waals surface area (Å²) in [5.74, 6) is 1.12. The van der Waals surface area contributed by atoms with E-state index in [1.54, 1.807) is 26.4 Å². The number of nitrogens with one attached hydrogen (secondary N) is 3. The van der Waals surface area contributed by atoms with Crippen molar-refractivity contribution in [3.8, 4) is 11.5 Å². The molecule has 0 aliphatic heterocycles. The van der Waals surface area contributed by atoms with Crippen LogP contribution in [0.5, 0.6) is 0 Å². The summed E-state index contributed by atoms with van der Waals surface area (Å²) < 4.78 is 5.58. The predicted molar refractivity (Wildman–Crippen MR) is 114 cm³/mol. The normalized spacial score (nSPS) is 11.2. The number of rotatable bonds is 6. The predicted octanol–water partition coefficient (Wildman–Crippen LogP) is 2.87. The highest BCUT2D eigenvalue weighted by Gasteiger charge is 2.08. The molecule has 3 N–H and O–H groups in total. The highest BCUT2D eigenvalue weighted by molar-refractivity contribution is 5.94. The van der Waals surface area contributed by atoms with E-state index in [4.69, 9.17) is 4.42 Å². The average molecular weight is 391 g/mol. The zero-order valence-electron chi connectivity index (χ0n) is 16.8. The van der Waals surface area contributed by atoms with Crippen molar-refractivity contribution in [1.29, 1.82) is 0 Å². The highest BCUT2D eigenvalue weighted by Crippen LogP contribution is 2.19. The van der Waals surface area contributed by atoms with Crippen LogP contribution in [0.4, 0.5) is 0 Å². The number of carbonyl (C=O) groups is 1. The molecule has 0 aliphatic rings. The van der Waals surface area contributed by atoms with Crippen LogP contribution in [0.3, 0.4) is 0 Å². The molecule has 0 saturated heterocycles. The van der Waals surface area contributed by atoms with Gasteiger partial charge in [0.2, 0.25) is 5.89 Å². The summed E-state index contributed by atoms with van der Waals surface area (Å²) in [6.45, 7) is 3.06. The number of nitrogens with zero attached hydrogens (tertiary/aromatic N) is 2. The molecule has 29 heavy (non-hydrogen) atoms. The summed E-state index contributed by atoms with van der Waals surface area (Å²) in [7, 11) is 3.32. The van der Waals surface area contributed by atoms with E-state index >= 15 is 0 Å². The van der Waals surface area contributed by atoms with Gasteiger partial charge in [-0.25, -0.2) is 4.98 Å². The average Bonchev–Trinajstić information content (AvgIpc) is 3.23. The second kappa shape index (κ2) is 9.54. The van der Waals surface area contributed by atoms with Gasteiger partial charge in [-0.2, -0.15) is 0 Å². The molecule has 7 nitrogen and oxygen atoms in total. The molecule has 0 radical (unpaired) electrons. The van der Waals surface area contributed by atoms with Crippen molar-refractivity contribution >= 4 is 11.9 Å². The van der Waals surface area contributed by atoms with Crippen molar-refractivity contribution in [3.05, 3.63) is 77.2 Å². The molecule has 0 atom stereocenters. The van der Waals surface area contributed by atoms with Crippen LogP contribution in [0.25, 0.3) is 11.5 Å². The maximum absolute atomic E-state index is 11.8. The van der Waals surface area contributed by atoms with Crippen LogP contribution in [0, 0.1) is 6.92 Å². The Labute approximate surface area is 170 Å². The first-order valence-corrected chi connectivity index (χ1v) is 9.36. The molecular formula is C22H25N5O2. The van der Waals surface area contributed by atoms with Crippen molar-refractivity contribution < 1.29 is 9.21 Å². The number of amides is 1. The van der Waals surface area contributed by atoms with Crippen molar-refractivity contribution in [2.75, 3.05) is 14.1 Å². The van der Waals surface area contributed by atoms with Crippen LogP contribution >= 0.6 is 0 Å². The molecule has 3 rings (SSSR count). The van der Waals surface area contributed by atoms with Gasteiger partial charge in [0, 0.05) is 31.8 Å². The fourth-order valence-corrected chi connectivity index (χ4v) is 2.76. The number of aromatic nitrogens is 1. The lowest BCUT2D eigenvalue weighted by atomic mass is 10.1. The Balaban J connectivity index is 1.55. The van der Waals surface area contributed by atoms with Gasteiger partial charge in [-0.3, -0.25) is 9.79 Å². The smallest absolute Gasteiger partial charge is 0.251 e. The van der Waals surface area contributed by atoms with Gasteiger partial charge in [-0.15, -0.1) is 0 Å². The van der Waals surface area contributed by atoms with Gasteiger partial charge in [-0.05, 0) is 36.8 Å². The molecule has 0 spiro atoms. The van der Waals surface area contributed by atoms with E-state index in [0.29, 0.717) is 30.5 Å². The summed E-state index contributed by atoms with van der Waals surface area (Å²) in [6, 6.07) is 15.5. The summed E-state index contributed by atoms with van der Waals surface area (Å²) in [5.41, 5.74) is 4.53. The number of carbonyl (C=O) groups excluding carboxylic acids is 1. The quantitative estimate of drug-likeness (QED) is 0.444. The Hall–Kier alpha value is -3.61. The van der Waals surface area contributed by atoms with E-state index < -0.39 is 0 Å². The minimum Gasteiger partial charge on any atom is -0.444 e. The summed E-state index contributed by atoms with van der Waals surface area (Å²) in [6.07, 6.45) is 1.64. The molecule has 150 valence electrons. The van der Waals surface area contributed by atoms with E-state index in [9.17, 15) is 4.79 Å². The largest absolute Gasteiger partial charge is 0.444 e. The van der Waals surface area contributed by atoms with Crippen LogP contribution < -0.4 is 16.0 Å². The Morgan fingerprint density at radius 2 is 1.86 bits per heavy atom. The Kier molecular flexibility index (Phi) is 6.63. The molecule has 7 heteroatoms. The van der Waals surface area contributed by atoms with Crippen LogP contribution in [0.2, 0.25) is 0 Å². The number of aliphatic imine (C=N–C) groups is 1. The molecule has 0 unspecified atom stereocenters. The van der Waals surface area contributed by atoms with Crippen molar-refractivity contribution in [3.63, 3.8) is 0 Å². The van der Waals surface area contributed by atoms with E-state index in [-0.39, 0.29) is 5.91 Å². The molecule has 3 aromatic rings. The minimum atomic E-state index is -0.107. The number of hydrogen-bond donors (Lipinski definition) is 3. The van der Waals surface area contributed by atoms with Crippen molar-refractivity contribution in [1.82, 2.24) is 20.9 Å². The molecule has 1 amide bonds. The lowest BCUT2D eigenvalue weighted by molar-refractivity contribution is 0.0963. The van der Waals surface area contributed by atoms with E-state index in [0.717, 1.165) is 16.8 Å². The first-order valence-electron chi connectivity index (χ1n) is 9.36. The van der Waals surface area contributed by atoms with Crippen LogP contribution in [0.1, 0.15) is 27.2 Å². The summed E-state index contributed by atoms with van der Waals surface area (Å²) in [4.78, 5) is 20.5. The molecule has 0 fully saturated rings. The van der Waals surface area contributed by atoms with Gasteiger partial charge < -0.3 is 20.4 Å². The lowest BCUT2D eigenvalue weighted by Crippen LogP contribution is -2.36. The standard InChI is InChI=1S/C22H25N5O2/c1-15-7-9-17(10-8-15)21-27-19(14-29-21)13-26-22(24-3)25-12-16-5-4-6-18(11-16)20(28)23-2/h4-11,14H,12-13H2,1-3H3,(H,23,28)(H2,24,25,26). The zero-order valence-corrected chi connectivity index (χ0v) is 16.8. The maximum atomic E-state index is 11.8. The van der Waals surface area contributed by atoms with Crippen LogP contribution in [-0.2, 0) is 13.1 Å². The van der Waals surface area contributed by atoms with Crippen LogP contribution in [0.15, 0.2) is 64.2 Å². The number of hydrogen-bond acceptors (Lipinski definition) is 4. The summed E-state index contributed by atoms with van der Waals surface area (Å²) >= 11 is 0. The fraction of sp³-hybridized carbons (Fsp3) is 0.227. The monoisotopic (exact) mass is 391 g/mol. The van der Waals surface area contributed by atoms with Gasteiger partial charge in [0.25, 0.3) is 5.91 Å². The Morgan fingerprint density at radius 1 is 1.10 bits per heavy atom.